The van der Waals surface area contributed by atoms with Crippen molar-refractivity contribution in [1.82, 2.24) is 9.62 Å². The topological polar surface area (TPSA) is 66.5 Å². The van der Waals surface area contributed by atoms with Gasteiger partial charge in [-0.05, 0) is 49.6 Å². The third-order valence-corrected chi connectivity index (χ3v) is 7.56. The first-order valence-electron chi connectivity index (χ1n) is 9.48. The molecule has 1 aliphatic heterocycles. The van der Waals surface area contributed by atoms with Crippen molar-refractivity contribution in [3.8, 4) is 0 Å². The number of carbonyl (C=O) groups is 1. The number of amides is 1. The van der Waals surface area contributed by atoms with Crippen LogP contribution in [0.5, 0.6) is 0 Å². The summed E-state index contributed by atoms with van der Waals surface area (Å²) in [7, 11) is -3.26. The van der Waals surface area contributed by atoms with Crippen molar-refractivity contribution in [1.29, 1.82) is 0 Å². The fourth-order valence-electron chi connectivity index (χ4n) is 3.09. The second-order valence-electron chi connectivity index (χ2n) is 6.98. The fourth-order valence-corrected chi connectivity index (χ4v) is 5.47. The van der Waals surface area contributed by atoms with Crippen LogP contribution in [0.15, 0.2) is 53.4 Å². The molecule has 0 aliphatic carbocycles. The van der Waals surface area contributed by atoms with Gasteiger partial charge < -0.3 is 5.32 Å². The van der Waals surface area contributed by atoms with E-state index < -0.39 is 10.0 Å². The van der Waals surface area contributed by atoms with Gasteiger partial charge in [-0.2, -0.15) is 0 Å². The molecule has 1 heterocycles. The summed E-state index contributed by atoms with van der Waals surface area (Å²) in [5, 5.41) is 2.91. The predicted octanol–water partition coefficient (Wildman–Crippen LogP) is 3.44. The Hall–Kier alpha value is -1.83. The molecule has 0 atom stereocenters. The van der Waals surface area contributed by atoms with Gasteiger partial charge in [-0.15, -0.1) is 11.8 Å². The van der Waals surface area contributed by atoms with Crippen LogP contribution in [0.25, 0.3) is 0 Å². The Labute approximate surface area is 171 Å². The van der Waals surface area contributed by atoms with Gasteiger partial charge >= 0.3 is 0 Å². The fraction of sp³-hybridized carbons (Fsp3) is 0.381. The summed E-state index contributed by atoms with van der Waals surface area (Å²) in [6.45, 7) is 3.86. The summed E-state index contributed by atoms with van der Waals surface area (Å²) in [5.74, 6) is 0.640. The molecule has 0 bridgehead atoms. The lowest BCUT2D eigenvalue weighted by Crippen LogP contribution is -2.29. The summed E-state index contributed by atoms with van der Waals surface area (Å²) in [4.78, 5) is 13.4. The van der Waals surface area contributed by atoms with Crippen molar-refractivity contribution in [2.75, 3.05) is 25.4 Å². The standard InChI is InChI=1S/C21H26N2O3S2/c1-17-4-10-20(11-5-17)27-15-12-22-21(24)19-8-6-18(7-9-19)16-28(25,26)23-13-2-3-14-23/h4-11H,2-3,12-16H2,1H3,(H,22,24). The minimum absolute atomic E-state index is 0.0118. The molecule has 0 spiro atoms. The van der Waals surface area contributed by atoms with Gasteiger partial charge in [0.25, 0.3) is 5.91 Å². The minimum Gasteiger partial charge on any atom is -0.351 e. The van der Waals surface area contributed by atoms with Crippen LogP contribution in [0, 0.1) is 6.92 Å². The van der Waals surface area contributed by atoms with Gasteiger partial charge in [-0.3, -0.25) is 4.79 Å². The Morgan fingerprint density at radius 2 is 1.68 bits per heavy atom. The van der Waals surface area contributed by atoms with E-state index in [2.05, 4.69) is 36.5 Å². The molecule has 28 heavy (non-hydrogen) atoms. The van der Waals surface area contributed by atoms with Gasteiger partial charge in [-0.25, -0.2) is 12.7 Å². The zero-order chi connectivity index (χ0) is 20.0. The van der Waals surface area contributed by atoms with Crippen LogP contribution < -0.4 is 5.32 Å². The SMILES string of the molecule is Cc1ccc(SCCNC(=O)c2ccc(CS(=O)(=O)N3CCCC3)cc2)cc1. The number of thioether (sulfide) groups is 1. The van der Waals surface area contributed by atoms with Gasteiger partial charge in [0, 0.05) is 35.8 Å². The number of nitrogens with zero attached hydrogens (tertiary/aromatic N) is 1. The van der Waals surface area contributed by atoms with Crippen molar-refractivity contribution >= 4 is 27.7 Å². The quantitative estimate of drug-likeness (QED) is 0.527. The largest absolute Gasteiger partial charge is 0.351 e. The van der Waals surface area contributed by atoms with E-state index in [4.69, 9.17) is 0 Å². The zero-order valence-electron chi connectivity index (χ0n) is 16.1. The van der Waals surface area contributed by atoms with E-state index in [0.717, 1.165) is 18.6 Å². The van der Waals surface area contributed by atoms with Gasteiger partial charge in [0.2, 0.25) is 10.0 Å². The van der Waals surface area contributed by atoms with Gasteiger partial charge in [0.15, 0.2) is 0 Å². The Morgan fingerprint density at radius 3 is 2.32 bits per heavy atom. The summed E-state index contributed by atoms with van der Waals surface area (Å²) in [6, 6.07) is 15.1. The smallest absolute Gasteiger partial charge is 0.251 e. The highest BCUT2D eigenvalue weighted by molar-refractivity contribution is 7.99. The summed E-state index contributed by atoms with van der Waals surface area (Å²) >= 11 is 1.70. The molecular formula is C21H26N2O3S2. The van der Waals surface area contributed by atoms with Crippen LogP contribution >= 0.6 is 11.8 Å². The predicted molar refractivity (Wildman–Crippen MR) is 114 cm³/mol. The molecule has 1 aliphatic rings. The Kier molecular flexibility index (Phi) is 7.15. The maximum absolute atomic E-state index is 12.4. The van der Waals surface area contributed by atoms with Crippen molar-refractivity contribution in [3.05, 3.63) is 65.2 Å². The highest BCUT2D eigenvalue weighted by Gasteiger charge is 2.25. The lowest BCUT2D eigenvalue weighted by atomic mass is 10.1. The normalized spacial score (nSPS) is 14.9. The molecule has 150 valence electrons. The Morgan fingerprint density at radius 1 is 1.04 bits per heavy atom. The van der Waals surface area contributed by atoms with E-state index in [1.54, 1.807) is 40.3 Å². The van der Waals surface area contributed by atoms with Gasteiger partial charge in [0.1, 0.15) is 0 Å². The second-order valence-corrected chi connectivity index (χ2v) is 10.1. The first kappa shape index (κ1) is 20.9. The number of aryl methyl sites for hydroxylation is 1. The highest BCUT2D eigenvalue weighted by atomic mass is 32.2. The van der Waals surface area contributed by atoms with E-state index in [0.29, 0.717) is 30.8 Å². The Balaban J connectivity index is 1.46. The number of benzene rings is 2. The van der Waals surface area contributed by atoms with Gasteiger partial charge in [-0.1, -0.05) is 29.8 Å². The van der Waals surface area contributed by atoms with Crippen LogP contribution in [0.1, 0.15) is 34.3 Å². The second kappa shape index (κ2) is 9.58. The Bertz CT molecular complexity index is 888. The van der Waals surface area contributed by atoms with Crippen molar-refractivity contribution in [2.24, 2.45) is 0 Å². The van der Waals surface area contributed by atoms with E-state index in [1.807, 2.05) is 0 Å². The molecule has 2 aromatic rings. The first-order chi connectivity index (χ1) is 13.4. The van der Waals surface area contributed by atoms with Crippen molar-refractivity contribution in [3.63, 3.8) is 0 Å². The first-order valence-corrected chi connectivity index (χ1v) is 12.1. The molecule has 0 aromatic heterocycles. The molecule has 0 unspecified atom stereocenters. The van der Waals surface area contributed by atoms with Gasteiger partial charge in [0.05, 0.1) is 5.75 Å². The summed E-state index contributed by atoms with van der Waals surface area (Å²) in [6.07, 6.45) is 1.86. The molecule has 0 saturated carbocycles. The van der Waals surface area contributed by atoms with Crippen LogP contribution in [0.4, 0.5) is 0 Å². The third-order valence-electron chi connectivity index (χ3n) is 4.70. The number of carbonyl (C=O) groups excluding carboxylic acids is 1. The average Bonchev–Trinajstić information content (AvgIpc) is 3.23. The van der Waals surface area contributed by atoms with Crippen LogP contribution in [0.2, 0.25) is 0 Å². The van der Waals surface area contributed by atoms with Crippen LogP contribution in [0.3, 0.4) is 0 Å². The molecule has 0 radical (unpaired) electrons. The van der Waals surface area contributed by atoms with Crippen molar-refractivity contribution < 1.29 is 13.2 Å². The zero-order valence-corrected chi connectivity index (χ0v) is 17.7. The molecule has 7 heteroatoms. The maximum atomic E-state index is 12.4. The minimum atomic E-state index is -3.26. The van der Waals surface area contributed by atoms with E-state index in [-0.39, 0.29) is 11.7 Å². The number of hydrogen-bond acceptors (Lipinski definition) is 4. The molecule has 1 fully saturated rings. The maximum Gasteiger partial charge on any atom is 0.251 e. The lowest BCUT2D eigenvalue weighted by Gasteiger charge is -2.15. The molecular weight excluding hydrogens is 392 g/mol. The number of hydrogen-bond donors (Lipinski definition) is 1. The van der Waals surface area contributed by atoms with Crippen LogP contribution in [-0.4, -0.2) is 44.0 Å². The van der Waals surface area contributed by atoms with E-state index >= 15 is 0 Å². The molecule has 5 nitrogen and oxygen atoms in total. The van der Waals surface area contributed by atoms with E-state index in [9.17, 15) is 13.2 Å². The summed E-state index contributed by atoms with van der Waals surface area (Å²) < 4.78 is 26.3. The molecule has 1 N–H and O–H groups in total. The number of nitrogens with one attached hydrogen (secondary N) is 1. The molecule has 3 rings (SSSR count). The lowest BCUT2D eigenvalue weighted by molar-refractivity contribution is 0.0956. The number of sulfonamides is 1. The highest BCUT2D eigenvalue weighted by Crippen LogP contribution is 2.18. The molecule has 1 amide bonds. The number of rotatable bonds is 8. The third kappa shape index (κ3) is 5.83. The average molecular weight is 419 g/mol. The van der Waals surface area contributed by atoms with Crippen molar-refractivity contribution in [2.45, 2.75) is 30.4 Å². The van der Waals surface area contributed by atoms with E-state index in [1.165, 1.54) is 10.5 Å². The monoisotopic (exact) mass is 418 g/mol. The van der Waals surface area contributed by atoms with Crippen LogP contribution in [-0.2, 0) is 15.8 Å². The molecule has 1 saturated heterocycles. The molecule has 2 aromatic carbocycles. The summed E-state index contributed by atoms with van der Waals surface area (Å²) in [5.41, 5.74) is 2.48.